The van der Waals surface area contributed by atoms with E-state index in [1.807, 2.05) is 6.92 Å². The van der Waals surface area contributed by atoms with Crippen molar-refractivity contribution >= 4 is 15.7 Å². The van der Waals surface area contributed by atoms with E-state index in [-0.39, 0.29) is 16.3 Å². The summed E-state index contributed by atoms with van der Waals surface area (Å²) in [5, 5.41) is 10.9. The van der Waals surface area contributed by atoms with Gasteiger partial charge in [0.25, 0.3) is 5.91 Å². The number of aliphatic hydroxyl groups excluding tert-OH is 1. The molecule has 0 fully saturated rings. The van der Waals surface area contributed by atoms with Gasteiger partial charge in [0.1, 0.15) is 16.4 Å². The van der Waals surface area contributed by atoms with Gasteiger partial charge in [0.15, 0.2) is 5.76 Å². The maximum Gasteiger partial charge on any atom is 0.290 e. The minimum absolute atomic E-state index is 0.00473. The van der Waals surface area contributed by atoms with Crippen molar-refractivity contribution in [2.75, 3.05) is 14.2 Å². The first-order valence-corrected chi connectivity index (χ1v) is 12.1. The van der Waals surface area contributed by atoms with Crippen LogP contribution < -0.4 is 9.47 Å². The molecule has 4 rings (SSSR count). The number of ether oxygens (including phenoxy) is 2. The summed E-state index contributed by atoms with van der Waals surface area (Å²) in [6, 6.07) is 19.2. The number of hydrogen-bond acceptors (Lipinski definition) is 6. The molecule has 1 aliphatic rings. The zero-order valence-corrected chi connectivity index (χ0v) is 19.9. The molecule has 1 heterocycles. The Morgan fingerprint density at radius 2 is 1.56 bits per heavy atom. The topological polar surface area (TPSA) is 93.1 Å². The van der Waals surface area contributed by atoms with Crippen molar-refractivity contribution in [1.82, 2.24) is 4.90 Å². The largest absolute Gasteiger partial charge is 0.502 e. The Labute approximate surface area is 198 Å². The van der Waals surface area contributed by atoms with Crippen LogP contribution in [-0.4, -0.2) is 38.6 Å². The van der Waals surface area contributed by atoms with Crippen molar-refractivity contribution in [3.05, 3.63) is 100 Å². The van der Waals surface area contributed by atoms with Crippen molar-refractivity contribution in [2.45, 2.75) is 24.4 Å². The van der Waals surface area contributed by atoms with Crippen LogP contribution in [0.5, 0.6) is 11.5 Å². The molecule has 176 valence electrons. The zero-order chi connectivity index (χ0) is 24.5. The quantitative estimate of drug-likeness (QED) is 0.542. The number of hydrogen-bond donors (Lipinski definition) is 1. The second-order valence-electron chi connectivity index (χ2n) is 7.95. The second-order valence-corrected chi connectivity index (χ2v) is 9.87. The van der Waals surface area contributed by atoms with Crippen LogP contribution in [0.1, 0.15) is 22.7 Å². The molecule has 0 aromatic heterocycles. The molecule has 0 radical (unpaired) electrons. The summed E-state index contributed by atoms with van der Waals surface area (Å²) in [5.41, 5.74) is 2.10. The Morgan fingerprint density at radius 1 is 0.912 bits per heavy atom. The monoisotopic (exact) mass is 479 g/mol. The maximum atomic E-state index is 13.7. The highest BCUT2D eigenvalue weighted by Gasteiger charge is 2.47. The van der Waals surface area contributed by atoms with E-state index >= 15 is 0 Å². The number of sulfone groups is 1. The summed E-state index contributed by atoms with van der Waals surface area (Å²) in [4.78, 5) is 14.2. The van der Waals surface area contributed by atoms with E-state index in [1.54, 1.807) is 60.7 Å². The van der Waals surface area contributed by atoms with Crippen molar-refractivity contribution in [3.8, 4) is 11.5 Å². The summed E-state index contributed by atoms with van der Waals surface area (Å²) >= 11 is 0. The lowest BCUT2D eigenvalue weighted by atomic mass is 10.1. The highest BCUT2D eigenvalue weighted by Crippen LogP contribution is 2.44. The smallest absolute Gasteiger partial charge is 0.290 e. The van der Waals surface area contributed by atoms with E-state index in [4.69, 9.17) is 9.47 Å². The predicted octanol–water partition coefficient (Wildman–Crippen LogP) is 4.34. The Morgan fingerprint density at radius 3 is 2.18 bits per heavy atom. The third kappa shape index (κ3) is 4.12. The predicted molar refractivity (Wildman–Crippen MR) is 127 cm³/mol. The second kappa shape index (κ2) is 9.23. The van der Waals surface area contributed by atoms with Crippen molar-refractivity contribution in [1.29, 1.82) is 0 Å². The van der Waals surface area contributed by atoms with Crippen LogP contribution in [-0.2, 0) is 21.2 Å². The van der Waals surface area contributed by atoms with E-state index in [1.165, 1.54) is 31.3 Å². The summed E-state index contributed by atoms with van der Waals surface area (Å²) in [6.45, 7) is 1.89. The van der Waals surface area contributed by atoms with Crippen molar-refractivity contribution < 1.29 is 27.8 Å². The van der Waals surface area contributed by atoms with Crippen LogP contribution in [0.2, 0.25) is 0 Å². The molecule has 0 spiro atoms. The number of rotatable bonds is 7. The minimum atomic E-state index is -4.19. The molecule has 7 nitrogen and oxygen atoms in total. The third-order valence-electron chi connectivity index (χ3n) is 5.84. The molecule has 0 saturated heterocycles. The molecule has 3 aromatic rings. The molecular formula is C26H25NO6S. The van der Waals surface area contributed by atoms with E-state index in [0.29, 0.717) is 22.6 Å². The first-order valence-electron chi connectivity index (χ1n) is 10.6. The Bertz CT molecular complexity index is 1340. The third-order valence-corrected chi connectivity index (χ3v) is 7.73. The van der Waals surface area contributed by atoms with Gasteiger partial charge in [0, 0.05) is 5.56 Å². The van der Waals surface area contributed by atoms with Crippen LogP contribution in [0, 0.1) is 6.92 Å². The zero-order valence-electron chi connectivity index (χ0n) is 19.1. The molecule has 1 unspecified atom stereocenters. The molecule has 1 aliphatic heterocycles. The van der Waals surface area contributed by atoms with E-state index in [2.05, 4.69) is 0 Å². The average Bonchev–Trinajstić information content (AvgIpc) is 3.10. The molecule has 0 aliphatic carbocycles. The lowest BCUT2D eigenvalue weighted by molar-refractivity contribution is -0.130. The lowest BCUT2D eigenvalue weighted by Gasteiger charge is -2.27. The normalized spacial score (nSPS) is 16.1. The standard InChI is InChI=1S/C26H25NO6S/c1-17-8-14-21(15-9-17)34(30,31)25-23(18-10-12-20(32-2)13-11-18)27(26(29)24(25)28)16-19-6-4-5-7-22(19)33-3/h4-15,23,28H,16H2,1-3H3. The number of benzene rings is 3. The SMILES string of the molecule is COc1ccc(C2C(S(=O)(=O)c3ccc(C)cc3)=C(O)C(=O)N2Cc2ccccc2OC)cc1. The van der Waals surface area contributed by atoms with Gasteiger partial charge < -0.3 is 19.5 Å². The van der Waals surface area contributed by atoms with Crippen molar-refractivity contribution in [3.63, 3.8) is 0 Å². The van der Waals surface area contributed by atoms with E-state index in [9.17, 15) is 18.3 Å². The Kier molecular flexibility index (Phi) is 6.34. The molecule has 1 N–H and O–H groups in total. The number of para-hydroxylation sites is 1. The number of nitrogens with zero attached hydrogens (tertiary/aromatic N) is 1. The van der Waals surface area contributed by atoms with Gasteiger partial charge in [0.05, 0.1) is 31.7 Å². The molecule has 34 heavy (non-hydrogen) atoms. The Balaban J connectivity index is 1.86. The van der Waals surface area contributed by atoms with Crippen LogP contribution in [0.3, 0.4) is 0 Å². The molecule has 0 saturated carbocycles. The average molecular weight is 480 g/mol. The van der Waals surface area contributed by atoms with Gasteiger partial charge in [-0.3, -0.25) is 4.79 Å². The summed E-state index contributed by atoms with van der Waals surface area (Å²) in [7, 11) is -1.14. The highest BCUT2D eigenvalue weighted by molar-refractivity contribution is 7.95. The molecular weight excluding hydrogens is 454 g/mol. The van der Waals surface area contributed by atoms with Crippen molar-refractivity contribution in [2.24, 2.45) is 0 Å². The number of carbonyl (C=O) groups excluding carboxylic acids is 1. The van der Waals surface area contributed by atoms with Gasteiger partial charge in [-0.05, 0) is 42.8 Å². The maximum absolute atomic E-state index is 13.7. The number of carbonyl (C=O) groups is 1. The van der Waals surface area contributed by atoms with E-state index in [0.717, 1.165) is 5.56 Å². The molecule has 1 amide bonds. The minimum Gasteiger partial charge on any atom is -0.502 e. The van der Waals surface area contributed by atoms with Gasteiger partial charge in [-0.1, -0.05) is 48.0 Å². The fraction of sp³-hybridized carbons (Fsp3) is 0.192. The fourth-order valence-electron chi connectivity index (χ4n) is 4.05. The van der Waals surface area contributed by atoms with E-state index < -0.39 is 27.5 Å². The summed E-state index contributed by atoms with van der Waals surface area (Å²) < 4.78 is 38.0. The molecule has 8 heteroatoms. The number of methoxy groups -OCH3 is 2. The molecule has 0 bridgehead atoms. The number of amides is 1. The van der Waals surface area contributed by atoms with Crippen LogP contribution in [0.25, 0.3) is 0 Å². The molecule has 3 aromatic carbocycles. The van der Waals surface area contributed by atoms with Crippen LogP contribution in [0.15, 0.2) is 88.4 Å². The fourth-order valence-corrected chi connectivity index (χ4v) is 5.69. The first kappa shape index (κ1) is 23.4. The van der Waals surface area contributed by atoms with Gasteiger partial charge in [-0.25, -0.2) is 8.42 Å². The highest BCUT2D eigenvalue weighted by atomic mass is 32.2. The Hall–Kier alpha value is -3.78. The first-order chi connectivity index (χ1) is 16.3. The van der Waals surface area contributed by atoms with Gasteiger partial charge >= 0.3 is 0 Å². The van der Waals surface area contributed by atoms with Gasteiger partial charge in [-0.2, -0.15) is 0 Å². The molecule has 1 atom stereocenters. The van der Waals surface area contributed by atoms with Crippen LogP contribution in [0.4, 0.5) is 0 Å². The summed E-state index contributed by atoms with van der Waals surface area (Å²) in [5.74, 6) is -0.410. The van der Waals surface area contributed by atoms with Gasteiger partial charge in [-0.15, -0.1) is 0 Å². The summed E-state index contributed by atoms with van der Waals surface area (Å²) in [6.07, 6.45) is 0. The number of aliphatic hydroxyl groups is 1. The van der Waals surface area contributed by atoms with Gasteiger partial charge in [0.2, 0.25) is 9.84 Å². The number of aryl methyl sites for hydroxylation is 1. The lowest BCUT2D eigenvalue weighted by Crippen LogP contribution is -2.31. The van der Waals surface area contributed by atoms with Crippen LogP contribution >= 0.6 is 0 Å².